The third-order valence-electron chi connectivity index (χ3n) is 5.84. The van der Waals surface area contributed by atoms with Crippen molar-refractivity contribution in [1.29, 1.82) is 0 Å². The van der Waals surface area contributed by atoms with Gasteiger partial charge in [-0.3, -0.25) is 0 Å². The van der Waals surface area contributed by atoms with Crippen LogP contribution in [0.1, 0.15) is 41.1 Å². The zero-order valence-corrected chi connectivity index (χ0v) is 18.6. The number of nitrogens with zero attached hydrogens (tertiary/aromatic N) is 2. The van der Waals surface area contributed by atoms with E-state index in [1.807, 2.05) is 16.8 Å². The summed E-state index contributed by atoms with van der Waals surface area (Å²) in [5.74, 6) is 1.08. The van der Waals surface area contributed by atoms with Crippen LogP contribution in [0, 0.1) is 0 Å². The zero-order valence-electron chi connectivity index (χ0n) is 17.1. The summed E-state index contributed by atoms with van der Waals surface area (Å²) in [6, 6.07) is 26.8. The van der Waals surface area contributed by atoms with Crippen molar-refractivity contribution in [3.63, 3.8) is 0 Å². The molecule has 0 bridgehead atoms. The van der Waals surface area contributed by atoms with Crippen LogP contribution in [-0.4, -0.2) is 16.3 Å². The minimum atomic E-state index is 0.0448. The smallest absolute Gasteiger partial charge is 0.133 e. The van der Waals surface area contributed by atoms with E-state index in [0.717, 1.165) is 43.0 Å². The number of halogens is 2. The molecule has 31 heavy (non-hydrogen) atoms. The van der Waals surface area contributed by atoms with Crippen LogP contribution in [-0.2, 0) is 6.42 Å². The van der Waals surface area contributed by atoms with Crippen molar-refractivity contribution < 1.29 is 0 Å². The van der Waals surface area contributed by atoms with Gasteiger partial charge in [0, 0.05) is 17.1 Å². The van der Waals surface area contributed by atoms with Crippen molar-refractivity contribution >= 4 is 29.0 Å². The van der Waals surface area contributed by atoms with Crippen molar-refractivity contribution in [3.8, 4) is 5.69 Å². The minimum absolute atomic E-state index is 0.0448. The number of benzene rings is 3. The van der Waals surface area contributed by atoms with E-state index in [4.69, 9.17) is 28.3 Å². The highest BCUT2D eigenvalue weighted by Crippen LogP contribution is 2.39. The summed E-state index contributed by atoms with van der Waals surface area (Å²) in [4.78, 5) is 0. The van der Waals surface area contributed by atoms with E-state index in [-0.39, 0.29) is 5.92 Å². The van der Waals surface area contributed by atoms with E-state index in [2.05, 4.69) is 66.0 Å². The summed E-state index contributed by atoms with van der Waals surface area (Å²) < 4.78 is 1.97. The van der Waals surface area contributed by atoms with Gasteiger partial charge in [-0.25, -0.2) is 4.68 Å². The summed E-state index contributed by atoms with van der Waals surface area (Å²) in [6.07, 6.45) is 3.24. The molecule has 0 saturated heterocycles. The summed E-state index contributed by atoms with van der Waals surface area (Å²) in [7, 11) is 0. The molecule has 1 aliphatic rings. The Morgan fingerprint density at radius 3 is 2.16 bits per heavy atom. The van der Waals surface area contributed by atoms with Crippen LogP contribution in [0.5, 0.6) is 0 Å². The Morgan fingerprint density at radius 2 is 1.52 bits per heavy atom. The molecule has 0 saturated carbocycles. The number of aromatic nitrogens is 2. The van der Waals surface area contributed by atoms with Crippen LogP contribution in [0.25, 0.3) is 5.69 Å². The second-order valence-corrected chi connectivity index (χ2v) is 8.70. The first-order chi connectivity index (χ1) is 15.2. The molecule has 2 heterocycles. The topological polar surface area (TPSA) is 29.9 Å². The van der Waals surface area contributed by atoms with Crippen LogP contribution in [0.4, 0.5) is 5.82 Å². The van der Waals surface area contributed by atoms with Gasteiger partial charge in [-0.2, -0.15) is 5.10 Å². The van der Waals surface area contributed by atoms with Gasteiger partial charge in [-0.15, -0.1) is 0 Å². The zero-order chi connectivity index (χ0) is 21.2. The summed E-state index contributed by atoms with van der Waals surface area (Å²) >= 11 is 12.8. The molecule has 0 amide bonds. The van der Waals surface area contributed by atoms with Crippen molar-refractivity contribution in [2.75, 3.05) is 11.9 Å². The molecular weight excluding hydrogens is 425 g/mol. The predicted octanol–water partition coefficient (Wildman–Crippen LogP) is 7.11. The predicted molar refractivity (Wildman–Crippen MR) is 129 cm³/mol. The standard InChI is InChI=1S/C26H23Cl2N3/c27-20-14-15-23(22(28)17-20)31-26-21(13-7-8-16-29-26)25(30-31)24(18-9-3-1-4-10-18)19-11-5-2-6-12-19/h1-6,9-12,14-15,17,24,29H,7-8,13,16H2. The molecule has 0 spiro atoms. The lowest BCUT2D eigenvalue weighted by atomic mass is 9.86. The lowest BCUT2D eigenvalue weighted by Crippen LogP contribution is -2.08. The van der Waals surface area contributed by atoms with Crippen molar-refractivity contribution in [3.05, 3.63) is 111 Å². The number of anilines is 1. The molecule has 3 nitrogen and oxygen atoms in total. The average Bonchev–Trinajstić information content (AvgIpc) is 2.96. The normalized spacial score (nSPS) is 13.5. The summed E-state index contributed by atoms with van der Waals surface area (Å²) in [6.45, 7) is 0.921. The summed E-state index contributed by atoms with van der Waals surface area (Å²) in [5.41, 5.74) is 5.64. The van der Waals surface area contributed by atoms with Gasteiger partial charge in [0.15, 0.2) is 0 Å². The van der Waals surface area contributed by atoms with E-state index in [1.54, 1.807) is 6.07 Å². The highest BCUT2D eigenvalue weighted by molar-refractivity contribution is 6.35. The Labute approximate surface area is 192 Å². The number of nitrogens with one attached hydrogen (secondary N) is 1. The van der Waals surface area contributed by atoms with Crippen molar-refractivity contribution in [2.45, 2.75) is 25.2 Å². The lowest BCUT2D eigenvalue weighted by molar-refractivity contribution is 0.755. The average molecular weight is 448 g/mol. The molecule has 0 aliphatic carbocycles. The van der Waals surface area contributed by atoms with Crippen molar-refractivity contribution in [2.24, 2.45) is 0 Å². The van der Waals surface area contributed by atoms with E-state index < -0.39 is 0 Å². The number of fused-ring (bicyclic) bond motifs is 1. The molecule has 3 aromatic carbocycles. The van der Waals surface area contributed by atoms with Crippen LogP contribution in [0.2, 0.25) is 10.0 Å². The van der Waals surface area contributed by atoms with Crippen LogP contribution >= 0.6 is 23.2 Å². The summed E-state index contributed by atoms with van der Waals surface area (Å²) in [5, 5.41) is 10.0. The lowest BCUT2D eigenvalue weighted by Gasteiger charge is -2.18. The Bertz CT molecular complexity index is 1150. The van der Waals surface area contributed by atoms with Crippen LogP contribution in [0.15, 0.2) is 78.9 Å². The minimum Gasteiger partial charge on any atom is -0.370 e. The molecule has 0 radical (unpaired) electrons. The fourth-order valence-corrected chi connectivity index (χ4v) is 4.88. The first kappa shape index (κ1) is 20.2. The number of hydrogen-bond acceptors (Lipinski definition) is 2. The van der Waals surface area contributed by atoms with Gasteiger partial charge >= 0.3 is 0 Å². The van der Waals surface area contributed by atoms with Gasteiger partial charge in [-0.05, 0) is 48.6 Å². The molecule has 156 valence electrons. The van der Waals surface area contributed by atoms with E-state index >= 15 is 0 Å². The molecule has 1 aliphatic heterocycles. The van der Waals surface area contributed by atoms with Crippen molar-refractivity contribution in [1.82, 2.24) is 9.78 Å². The highest BCUT2D eigenvalue weighted by atomic mass is 35.5. The largest absolute Gasteiger partial charge is 0.370 e. The van der Waals surface area contributed by atoms with E-state index in [9.17, 15) is 0 Å². The Hall–Kier alpha value is -2.75. The third-order valence-corrected chi connectivity index (χ3v) is 6.38. The molecule has 0 unspecified atom stereocenters. The molecule has 5 rings (SSSR count). The molecule has 4 aromatic rings. The van der Waals surface area contributed by atoms with Gasteiger partial charge < -0.3 is 5.32 Å². The fraction of sp³-hybridized carbons (Fsp3) is 0.192. The molecule has 0 atom stereocenters. The van der Waals surface area contributed by atoms with Crippen LogP contribution in [0.3, 0.4) is 0 Å². The third kappa shape index (κ3) is 3.96. The maximum Gasteiger partial charge on any atom is 0.133 e. The maximum absolute atomic E-state index is 6.60. The molecule has 0 fully saturated rings. The second kappa shape index (κ2) is 8.78. The Kier molecular flexibility index (Phi) is 5.71. The van der Waals surface area contributed by atoms with Crippen LogP contribution < -0.4 is 5.32 Å². The van der Waals surface area contributed by atoms with Gasteiger partial charge in [0.05, 0.1) is 22.3 Å². The Balaban J connectivity index is 1.75. The first-order valence-corrected chi connectivity index (χ1v) is 11.4. The molecule has 1 aromatic heterocycles. The van der Waals surface area contributed by atoms with E-state index in [0.29, 0.717) is 10.0 Å². The quantitative estimate of drug-likeness (QED) is 0.361. The van der Waals surface area contributed by atoms with Gasteiger partial charge in [0.25, 0.3) is 0 Å². The Morgan fingerprint density at radius 1 is 0.839 bits per heavy atom. The molecule has 5 heteroatoms. The highest BCUT2D eigenvalue weighted by Gasteiger charge is 2.28. The molecular formula is C26H23Cl2N3. The van der Waals surface area contributed by atoms with Gasteiger partial charge in [0.2, 0.25) is 0 Å². The second-order valence-electron chi connectivity index (χ2n) is 7.86. The fourth-order valence-electron chi connectivity index (χ4n) is 4.39. The molecule has 1 N–H and O–H groups in total. The first-order valence-electron chi connectivity index (χ1n) is 10.6. The van der Waals surface area contributed by atoms with Gasteiger partial charge in [0.1, 0.15) is 5.82 Å². The van der Waals surface area contributed by atoms with Gasteiger partial charge in [-0.1, -0.05) is 83.9 Å². The SMILES string of the molecule is Clc1ccc(-n2nc(C(c3ccccc3)c3ccccc3)c3c2NCCCC3)c(Cl)c1. The van der Waals surface area contributed by atoms with E-state index in [1.165, 1.54) is 16.7 Å². The number of hydrogen-bond donors (Lipinski definition) is 1. The number of rotatable bonds is 4. The monoisotopic (exact) mass is 447 g/mol. The maximum atomic E-state index is 6.60.